The molecular weight excluding hydrogens is 314 g/mol. The molecule has 0 unspecified atom stereocenters. The first-order chi connectivity index (χ1) is 11.0. The van der Waals surface area contributed by atoms with Crippen molar-refractivity contribution < 1.29 is 17.5 Å². The summed E-state index contributed by atoms with van der Waals surface area (Å²) >= 11 is 0. The second kappa shape index (κ2) is 7.85. The van der Waals surface area contributed by atoms with Gasteiger partial charge in [0.05, 0.1) is 15.8 Å². The van der Waals surface area contributed by atoms with Crippen molar-refractivity contribution >= 4 is 22.0 Å². The maximum atomic E-state index is 10.7. The van der Waals surface area contributed by atoms with Crippen LogP contribution >= 0.6 is 0 Å². The number of aromatic nitrogens is 1. The van der Waals surface area contributed by atoms with Crippen LogP contribution in [0, 0.1) is 0 Å². The molecule has 1 aromatic carbocycles. The average molecular weight is 333 g/mol. The number of aryl methyl sites for hydroxylation is 1. The summed E-state index contributed by atoms with van der Waals surface area (Å²) in [5.74, 6) is -0.366. The average Bonchev–Trinajstić information content (AvgIpc) is 2.53. The molecule has 0 saturated heterocycles. The van der Waals surface area contributed by atoms with Crippen LogP contribution in [0.25, 0.3) is 0 Å². The number of benzene rings is 1. The molecule has 23 heavy (non-hydrogen) atoms. The van der Waals surface area contributed by atoms with Crippen LogP contribution in [-0.2, 0) is 16.7 Å². The molecule has 0 fully saturated rings. The van der Waals surface area contributed by atoms with E-state index in [-0.39, 0.29) is 12.2 Å². The van der Waals surface area contributed by atoms with Crippen LogP contribution in [0.1, 0.15) is 12.1 Å². The number of nitrogens with zero attached hydrogens (tertiary/aromatic N) is 3. The third-order valence-electron chi connectivity index (χ3n) is 3.26. The maximum Gasteiger partial charge on any atom is 0.225 e. The zero-order valence-electron chi connectivity index (χ0n) is 12.9. The molecule has 7 heteroatoms. The maximum absolute atomic E-state index is 10.7. The van der Waals surface area contributed by atoms with Gasteiger partial charge in [-0.3, -0.25) is 5.01 Å². The van der Waals surface area contributed by atoms with Gasteiger partial charge < -0.3 is 4.55 Å². The van der Waals surface area contributed by atoms with Gasteiger partial charge in [-0.15, -0.1) is 0 Å². The second-order valence-electron chi connectivity index (χ2n) is 5.04. The number of anilines is 1. The summed E-state index contributed by atoms with van der Waals surface area (Å²) < 4.78 is 33.9. The first kappa shape index (κ1) is 17.1. The van der Waals surface area contributed by atoms with Crippen molar-refractivity contribution in [1.29, 1.82) is 0 Å². The second-order valence-corrected chi connectivity index (χ2v) is 6.56. The molecule has 0 radical (unpaired) electrons. The first-order valence-corrected chi connectivity index (χ1v) is 8.78. The summed E-state index contributed by atoms with van der Waals surface area (Å²) in [6.07, 6.45) is 3.82. The van der Waals surface area contributed by atoms with Gasteiger partial charge in [-0.05, 0) is 18.2 Å². The lowest BCUT2D eigenvalue weighted by Gasteiger charge is -2.11. The van der Waals surface area contributed by atoms with E-state index in [0.29, 0.717) is 6.54 Å². The molecule has 0 bridgehead atoms. The lowest BCUT2D eigenvalue weighted by atomic mass is 10.3. The smallest absolute Gasteiger partial charge is 0.225 e. The van der Waals surface area contributed by atoms with Crippen molar-refractivity contribution in [3.8, 4) is 0 Å². The quantitative estimate of drug-likeness (QED) is 0.332. The fourth-order valence-electron chi connectivity index (χ4n) is 2.08. The minimum absolute atomic E-state index is 0.274. The Morgan fingerprint density at radius 3 is 2.57 bits per heavy atom. The molecule has 1 aromatic heterocycles. The van der Waals surface area contributed by atoms with Gasteiger partial charge in [0.1, 0.15) is 12.8 Å². The number of hydrogen-bond acceptors (Lipinski definition) is 5. The summed E-state index contributed by atoms with van der Waals surface area (Å²) in [4.78, 5) is 0. The largest absolute Gasteiger partial charge is 0.748 e. The predicted molar refractivity (Wildman–Crippen MR) is 88.3 cm³/mol. The van der Waals surface area contributed by atoms with Crippen molar-refractivity contribution in [1.82, 2.24) is 0 Å². The molecule has 1 heterocycles. The predicted octanol–water partition coefficient (Wildman–Crippen LogP) is 1.38. The van der Waals surface area contributed by atoms with E-state index in [1.165, 1.54) is 0 Å². The molecule has 0 amide bonds. The van der Waals surface area contributed by atoms with Gasteiger partial charge in [-0.2, -0.15) is 9.67 Å². The molecule has 2 aromatic rings. The topological polar surface area (TPSA) is 76.7 Å². The van der Waals surface area contributed by atoms with E-state index in [1.807, 2.05) is 66.3 Å². The van der Waals surface area contributed by atoms with Crippen LogP contribution in [0.4, 0.5) is 5.69 Å². The van der Waals surface area contributed by atoms with E-state index in [2.05, 4.69) is 5.10 Å². The highest BCUT2D eigenvalue weighted by Crippen LogP contribution is 2.10. The van der Waals surface area contributed by atoms with Crippen molar-refractivity contribution in [2.24, 2.45) is 5.10 Å². The molecule has 0 N–H and O–H groups in total. The van der Waals surface area contributed by atoms with Gasteiger partial charge in [0.2, 0.25) is 5.69 Å². The van der Waals surface area contributed by atoms with E-state index in [9.17, 15) is 13.0 Å². The fraction of sp³-hybridized carbons (Fsp3) is 0.250. The molecule has 0 aliphatic carbocycles. The lowest BCUT2D eigenvalue weighted by Crippen LogP contribution is -2.38. The Bertz CT molecular complexity index is 761. The fourth-order valence-corrected chi connectivity index (χ4v) is 2.56. The van der Waals surface area contributed by atoms with Crippen LogP contribution in [-0.4, -0.2) is 32.0 Å². The lowest BCUT2D eigenvalue weighted by molar-refractivity contribution is -0.697. The van der Waals surface area contributed by atoms with E-state index in [0.717, 1.165) is 11.4 Å². The van der Waals surface area contributed by atoms with Crippen molar-refractivity contribution in [2.45, 2.75) is 13.0 Å². The summed E-state index contributed by atoms with van der Waals surface area (Å²) in [6, 6.07) is 15.3. The molecule has 6 nitrogen and oxygen atoms in total. The van der Waals surface area contributed by atoms with Gasteiger partial charge in [0, 0.05) is 31.4 Å². The van der Waals surface area contributed by atoms with Gasteiger partial charge in [-0.25, -0.2) is 8.42 Å². The van der Waals surface area contributed by atoms with Crippen molar-refractivity contribution in [2.75, 3.05) is 17.8 Å². The molecule has 122 valence electrons. The van der Waals surface area contributed by atoms with Crippen LogP contribution < -0.4 is 9.58 Å². The molecule has 2 rings (SSSR count). The summed E-state index contributed by atoms with van der Waals surface area (Å²) in [5, 5.41) is 6.14. The number of para-hydroxylation sites is 1. The van der Waals surface area contributed by atoms with Crippen molar-refractivity contribution in [3.63, 3.8) is 0 Å². The standard InChI is InChI=1S/C16H19N3O3S/c1-18(15-8-3-2-4-9-15)17-14-16-10-5-6-11-19(16)12-7-13-23(20,21)22/h2-6,8-11,14H,7,12-13H2,1H3. The number of hydrogen-bond donors (Lipinski definition) is 0. The normalized spacial score (nSPS) is 11.7. The number of hydrazone groups is 1. The highest BCUT2D eigenvalue weighted by molar-refractivity contribution is 7.85. The Hall–Kier alpha value is -2.25. The van der Waals surface area contributed by atoms with Gasteiger partial charge in [-0.1, -0.05) is 18.2 Å². The monoisotopic (exact) mass is 333 g/mol. The van der Waals surface area contributed by atoms with Crippen LogP contribution in [0.15, 0.2) is 59.8 Å². The summed E-state index contributed by atoms with van der Waals surface area (Å²) in [6.45, 7) is 0.443. The summed E-state index contributed by atoms with van der Waals surface area (Å²) in [5.41, 5.74) is 1.79. The highest BCUT2D eigenvalue weighted by atomic mass is 32.2. The van der Waals surface area contributed by atoms with E-state index in [4.69, 9.17) is 0 Å². The van der Waals surface area contributed by atoms with Crippen molar-refractivity contribution in [3.05, 3.63) is 60.4 Å². The Balaban J connectivity index is 2.06. The zero-order chi connectivity index (χ0) is 16.7. The molecular formula is C16H19N3O3S. The number of pyridine rings is 1. The molecule has 0 atom stereocenters. The first-order valence-electron chi connectivity index (χ1n) is 7.20. The Kier molecular flexibility index (Phi) is 5.84. The van der Waals surface area contributed by atoms with E-state index >= 15 is 0 Å². The summed E-state index contributed by atoms with van der Waals surface area (Å²) in [7, 11) is -2.32. The van der Waals surface area contributed by atoms with Crippen LogP contribution in [0.2, 0.25) is 0 Å². The molecule has 0 aliphatic rings. The third-order valence-corrected chi connectivity index (χ3v) is 4.05. The van der Waals surface area contributed by atoms with Crippen LogP contribution in [0.3, 0.4) is 0 Å². The Morgan fingerprint density at radius 2 is 1.87 bits per heavy atom. The minimum Gasteiger partial charge on any atom is -0.748 e. The molecule has 0 aliphatic heterocycles. The Morgan fingerprint density at radius 1 is 1.17 bits per heavy atom. The minimum atomic E-state index is -4.17. The molecule has 0 spiro atoms. The third kappa shape index (κ3) is 5.80. The van der Waals surface area contributed by atoms with Gasteiger partial charge >= 0.3 is 0 Å². The zero-order valence-corrected chi connectivity index (χ0v) is 13.7. The SMILES string of the molecule is CN(/N=C/c1cccc[n+]1CCCS(=O)(=O)[O-])c1ccccc1. The Labute approximate surface area is 136 Å². The van der Waals surface area contributed by atoms with Gasteiger partial charge in [0.15, 0.2) is 6.20 Å². The van der Waals surface area contributed by atoms with Gasteiger partial charge in [0.25, 0.3) is 0 Å². The highest BCUT2D eigenvalue weighted by Gasteiger charge is 2.08. The van der Waals surface area contributed by atoms with E-state index < -0.39 is 10.1 Å². The van der Waals surface area contributed by atoms with E-state index in [1.54, 1.807) is 11.2 Å². The van der Waals surface area contributed by atoms with Crippen LogP contribution in [0.5, 0.6) is 0 Å². The molecule has 0 saturated carbocycles. The number of rotatable bonds is 7.